The molecule has 1 aromatic heterocycles. The summed E-state index contributed by atoms with van der Waals surface area (Å²) in [5, 5.41) is 13.6. The van der Waals surface area contributed by atoms with Crippen LogP contribution in [0.5, 0.6) is 6.01 Å². The number of hydrogen-bond acceptors (Lipinski definition) is 7. The van der Waals surface area contributed by atoms with Crippen molar-refractivity contribution >= 4 is 11.9 Å². The van der Waals surface area contributed by atoms with Crippen molar-refractivity contribution in [2.24, 2.45) is 5.41 Å². The van der Waals surface area contributed by atoms with Crippen LogP contribution in [0.3, 0.4) is 0 Å². The Morgan fingerprint density at radius 2 is 1.85 bits per heavy atom. The number of nitrogens with two attached hydrogens (primary N) is 1. The lowest BCUT2D eigenvalue weighted by molar-refractivity contribution is -0.0146. The SMILES string of the molecule is COc1nc(N)nc(NCC2(O)CCC(C)(C)CC2)n1. The van der Waals surface area contributed by atoms with Crippen LogP contribution in [0.25, 0.3) is 0 Å². The number of ether oxygens (including phenoxy) is 1. The van der Waals surface area contributed by atoms with Gasteiger partial charge in [-0.2, -0.15) is 15.0 Å². The smallest absolute Gasteiger partial charge is 0.322 e. The summed E-state index contributed by atoms with van der Waals surface area (Å²) in [6.07, 6.45) is 3.55. The second kappa shape index (κ2) is 5.40. The van der Waals surface area contributed by atoms with Gasteiger partial charge in [0.25, 0.3) is 0 Å². The van der Waals surface area contributed by atoms with Crippen molar-refractivity contribution in [3.63, 3.8) is 0 Å². The molecule has 0 amide bonds. The van der Waals surface area contributed by atoms with E-state index in [1.807, 2.05) is 0 Å². The zero-order valence-corrected chi connectivity index (χ0v) is 12.3. The lowest BCUT2D eigenvalue weighted by Gasteiger charge is -2.40. The van der Waals surface area contributed by atoms with Crippen LogP contribution in [-0.4, -0.2) is 39.3 Å². The van der Waals surface area contributed by atoms with E-state index < -0.39 is 5.60 Å². The first-order valence-corrected chi connectivity index (χ1v) is 6.84. The Labute approximate surface area is 119 Å². The summed E-state index contributed by atoms with van der Waals surface area (Å²) in [4.78, 5) is 11.8. The van der Waals surface area contributed by atoms with Crippen molar-refractivity contribution in [3.05, 3.63) is 0 Å². The molecule has 1 saturated carbocycles. The van der Waals surface area contributed by atoms with E-state index in [2.05, 4.69) is 34.1 Å². The van der Waals surface area contributed by atoms with Crippen LogP contribution in [0.2, 0.25) is 0 Å². The van der Waals surface area contributed by atoms with Crippen LogP contribution in [0.15, 0.2) is 0 Å². The first-order chi connectivity index (χ1) is 9.32. The highest BCUT2D eigenvalue weighted by Crippen LogP contribution is 2.40. The van der Waals surface area contributed by atoms with Crippen LogP contribution in [0, 0.1) is 5.41 Å². The van der Waals surface area contributed by atoms with Gasteiger partial charge in [-0.15, -0.1) is 0 Å². The number of aliphatic hydroxyl groups is 1. The molecule has 0 spiro atoms. The highest BCUT2D eigenvalue weighted by Gasteiger charge is 2.36. The second-order valence-electron chi connectivity index (χ2n) is 6.25. The minimum atomic E-state index is -0.718. The van der Waals surface area contributed by atoms with Gasteiger partial charge in [-0.3, -0.25) is 0 Å². The molecule has 0 atom stereocenters. The monoisotopic (exact) mass is 281 g/mol. The third-order valence-corrected chi connectivity index (χ3v) is 3.92. The van der Waals surface area contributed by atoms with Gasteiger partial charge in [-0.1, -0.05) is 13.8 Å². The molecule has 0 bridgehead atoms. The van der Waals surface area contributed by atoms with Gasteiger partial charge in [-0.25, -0.2) is 0 Å². The lowest BCUT2D eigenvalue weighted by atomic mass is 9.71. The highest BCUT2D eigenvalue weighted by atomic mass is 16.5. The van der Waals surface area contributed by atoms with E-state index in [0.29, 0.717) is 17.9 Å². The first kappa shape index (κ1) is 14.8. The van der Waals surface area contributed by atoms with Crippen molar-refractivity contribution < 1.29 is 9.84 Å². The molecule has 0 radical (unpaired) electrons. The average Bonchev–Trinajstić information content (AvgIpc) is 2.40. The Balaban J connectivity index is 1.97. The molecule has 7 nitrogen and oxygen atoms in total. The van der Waals surface area contributed by atoms with E-state index >= 15 is 0 Å². The summed E-state index contributed by atoms with van der Waals surface area (Å²) in [6.45, 7) is 4.87. The molecule has 0 unspecified atom stereocenters. The number of nitrogen functional groups attached to an aromatic ring is 1. The lowest BCUT2D eigenvalue weighted by Crippen LogP contribution is -2.42. The van der Waals surface area contributed by atoms with E-state index in [1.165, 1.54) is 7.11 Å². The maximum atomic E-state index is 10.6. The number of hydrogen-bond donors (Lipinski definition) is 3. The Kier molecular flexibility index (Phi) is 3.99. The number of nitrogens with zero attached hydrogens (tertiary/aromatic N) is 3. The van der Waals surface area contributed by atoms with Gasteiger partial charge in [0.1, 0.15) is 0 Å². The zero-order valence-electron chi connectivity index (χ0n) is 12.3. The predicted octanol–water partition coefficient (Wildman–Crippen LogP) is 1.21. The van der Waals surface area contributed by atoms with E-state index in [9.17, 15) is 5.11 Å². The highest BCUT2D eigenvalue weighted by molar-refractivity contribution is 5.33. The van der Waals surface area contributed by atoms with Crippen molar-refractivity contribution in [1.82, 2.24) is 15.0 Å². The molecule has 1 aromatic rings. The van der Waals surface area contributed by atoms with Gasteiger partial charge in [0.05, 0.1) is 12.7 Å². The molecule has 0 saturated heterocycles. The fourth-order valence-corrected chi connectivity index (χ4v) is 2.35. The predicted molar refractivity (Wildman–Crippen MR) is 76.5 cm³/mol. The standard InChI is InChI=1S/C13H23N5O2/c1-12(2)4-6-13(19,7-5-12)8-15-10-16-9(14)17-11(18-10)20-3/h19H,4-8H2,1-3H3,(H3,14,15,16,17,18). The molecule has 4 N–H and O–H groups in total. The van der Waals surface area contributed by atoms with Gasteiger partial charge >= 0.3 is 6.01 Å². The number of anilines is 2. The summed E-state index contributed by atoms with van der Waals surface area (Å²) in [5.74, 6) is 0.420. The molecular weight excluding hydrogens is 258 g/mol. The Morgan fingerprint density at radius 3 is 2.45 bits per heavy atom. The third-order valence-electron chi connectivity index (χ3n) is 3.92. The summed E-state index contributed by atoms with van der Waals surface area (Å²) in [5.41, 5.74) is 5.16. The molecule has 1 aliphatic rings. The summed E-state index contributed by atoms with van der Waals surface area (Å²) in [6, 6.07) is 0.164. The Morgan fingerprint density at radius 1 is 1.20 bits per heavy atom. The Hall–Kier alpha value is -1.63. The van der Waals surface area contributed by atoms with Gasteiger partial charge in [-0.05, 0) is 31.1 Å². The summed E-state index contributed by atoms with van der Waals surface area (Å²) < 4.78 is 4.94. The quantitative estimate of drug-likeness (QED) is 0.761. The maximum absolute atomic E-state index is 10.6. The van der Waals surface area contributed by atoms with Crippen LogP contribution < -0.4 is 15.8 Å². The van der Waals surface area contributed by atoms with Gasteiger partial charge in [0.2, 0.25) is 11.9 Å². The van der Waals surface area contributed by atoms with Gasteiger partial charge in [0.15, 0.2) is 0 Å². The van der Waals surface area contributed by atoms with Crippen LogP contribution >= 0.6 is 0 Å². The molecule has 0 aliphatic heterocycles. The van der Waals surface area contributed by atoms with E-state index in [1.54, 1.807) is 0 Å². The molecule has 1 heterocycles. The molecule has 1 fully saturated rings. The van der Waals surface area contributed by atoms with Crippen molar-refractivity contribution in [3.8, 4) is 6.01 Å². The molecule has 1 aliphatic carbocycles. The largest absolute Gasteiger partial charge is 0.467 e. The van der Waals surface area contributed by atoms with Crippen molar-refractivity contribution in [2.75, 3.05) is 24.7 Å². The maximum Gasteiger partial charge on any atom is 0.322 e. The molecular formula is C13H23N5O2. The van der Waals surface area contributed by atoms with E-state index in [4.69, 9.17) is 10.5 Å². The second-order valence-corrected chi connectivity index (χ2v) is 6.25. The molecule has 2 rings (SSSR count). The summed E-state index contributed by atoms with van der Waals surface area (Å²) >= 11 is 0. The van der Waals surface area contributed by atoms with E-state index in [0.717, 1.165) is 25.7 Å². The molecule has 20 heavy (non-hydrogen) atoms. The first-order valence-electron chi connectivity index (χ1n) is 6.84. The van der Waals surface area contributed by atoms with E-state index in [-0.39, 0.29) is 12.0 Å². The minimum Gasteiger partial charge on any atom is -0.467 e. The number of nitrogens with one attached hydrogen (secondary N) is 1. The van der Waals surface area contributed by atoms with Crippen molar-refractivity contribution in [2.45, 2.75) is 45.1 Å². The minimum absolute atomic E-state index is 0.0936. The number of aromatic nitrogens is 3. The normalized spacial score (nSPS) is 20.4. The van der Waals surface area contributed by atoms with Gasteiger partial charge < -0.3 is 20.9 Å². The molecule has 0 aromatic carbocycles. The third kappa shape index (κ3) is 3.69. The fraction of sp³-hybridized carbons (Fsp3) is 0.769. The molecule has 112 valence electrons. The number of methoxy groups -OCH3 is 1. The number of rotatable bonds is 4. The topological polar surface area (TPSA) is 106 Å². The van der Waals surface area contributed by atoms with Crippen molar-refractivity contribution in [1.29, 1.82) is 0 Å². The zero-order chi connectivity index (χ0) is 14.8. The summed E-state index contributed by atoms with van der Waals surface area (Å²) in [7, 11) is 1.47. The van der Waals surface area contributed by atoms with Crippen LogP contribution in [0.4, 0.5) is 11.9 Å². The molecule has 7 heteroatoms. The Bertz CT molecular complexity index is 468. The fourth-order valence-electron chi connectivity index (χ4n) is 2.35. The van der Waals surface area contributed by atoms with Crippen LogP contribution in [-0.2, 0) is 0 Å². The van der Waals surface area contributed by atoms with Crippen LogP contribution in [0.1, 0.15) is 39.5 Å². The van der Waals surface area contributed by atoms with Gasteiger partial charge in [0, 0.05) is 6.54 Å². The average molecular weight is 281 g/mol.